The lowest BCUT2D eigenvalue weighted by atomic mass is 9.94. The second kappa shape index (κ2) is 10.0. The molecule has 4 rings (SSSR count). The molecule has 1 unspecified atom stereocenters. The minimum Gasteiger partial charge on any atom is -0.490 e. The van der Waals surface area contributed by atoms with Crippen LogP contribution in [0.15, 0.2) is 65.8 Å². The Morgan fingerprint density at radius 2 is 1.94 bits per heavy atom. The van der Waals surface area contributed by atoms with Crippen LogP contribution in [-0.2, 0) is 6.42 Å². The number of β-amino-alcohol motifs (C(OH)–C–C–N with tert-alkyl or cyclic N) is 1. The molecule has 8 heteroatoms. The molecule has 3 aromatic carbocycles. The van der Waals surface area contributed by atoms with Gasteiger partial charge in [0, 0.05) is 36.9 Å². The minimum atomic E-state index is -0.655. The molecular formula is C25H26IN5O2. The summed E-state index contributed by atoms with van der Waals surface area (Å²) in [6, 6.07) is 19.9. The van der Waals surface area contributed by atoms with E-state index < -0.39 is 6.10 Å². The van der Waals surface area contributed by atoms with Gasteiger partial charge in [-0.25, -0.2) is 0 Å². The zero-order valence-corrected chi connectivity index (χ0v) is 20.7. The Balaban J connectivity index is 1.36. The number of azide groups is 1. The molecule has 7 nitrogen and oxygen atoms in total. The van der Waals surface area contributed by atoms with Gasteiger partial charge in [0.15, 0.2) is 0 Å². The number of fused-ring (bicyclic) bond motifs is 3. The first-order valence-corrected chi connectivity index (χ1v) is 11.8. The largest absolute Gasteiger partial charge is 0.490 e. The van der Waals surface area contributed by atoms with Crippen molar-refractivity contribution in [1.82, 2.24) is 10.3 Å². The standard InChI is InChI=1S/C25H26IN5O2/c1-25(2,13-16-10-11-21(30-31-27)19(26)12-16)28-14-17(32)15-33-23-9-5-8-22-24(23)18-6-3-4-7-20(18)29-22/h3-12,17,28-29,32H,13-15H2,1-2H3. The van der Waals surface area contributed by atoms with E-state index in [0.29, 0.717) is 12.2 Å². The molecule has 33 heavy (non-hydrogen) atoms. The van der Waals surface area contributed by atoms with Crippen molar-refractivity contribution < 1.29 is 9.84 Å². The third-order valence-corrected chi connectivity index (χ3v) is 6.41. The number of nitrogens with zero attached hydrogens (tertiary/aromatic N) is 3. The molecule has 0 radical (unpaired) electrons. The predicted molar refractivity (Wildman–Crippen MR) is 141 cm³/mol. The molecule has 0 spiro atoms. The summed E-state index contributed by atoms with van der Waals surface area (Å²) in [6.07, 6.45) is 0.110. The molecular weight excluding hydrogens is 529 g/mol. The van der Waals surface area contributed by atoms with Crippen LogP contribution in [-0.4, -0.2) is 34.9 Å². The van der Waals surface area contributed by atoms with Crippen LogP contribution in [0.4, 0.5) is 5.69 Å². The first-order valence-electron chi connectivity index (χ1n) is 10.8. The Hall–Kier alpha value is -2.78. The number of ether oxygens (including phenoxy) is 1. The van der Waals surface area contributed by atoms with Gasteiger partial charge in [-0.15, -0.1) is 0 Å². The Morgan fingerprint density at radius 3 is 2.73 bits per heavy atom. The summed E-state index contributed by atoms with van der Waals surface area (Å²) < 4.78 is 6.95. The van der Waals surface area contributed by atoms with Crippen molar-refractivity contribution in [2.24, 2.45) is 5.11 Å². The highest BCUT2D eigenvalue weighted by Gasteiger charge is 2.20. The van der Waals surface area contributed by atoms with Crippen LogP contribution in [0.1, 0.15) is 19.4 Å². The van der Waals surface area contributed by atoms with E-state index in [1.165, 1.54) is 0 Å². The highest BCUT2D eigenvalue weighted by molar-refractivity contribution is 14.1. The van der Waals surface area contributed by atoms with Crippen LogP contribution in [0, 0.1) is 3.57 Å². The normalized spacial score (nSPS) is 12.6. The van der Waals surface area contributed by atoms with Crippen molar-refractivity contribution in [3.63, 3.8) is 0 Å². The third-order valence-electron chi connectivity index (χ3n) is 5.55. The van der Waals surface area contributed by atoms with E-state index in [-0.39, 0.29) is 12.1 Å². The molecule has 3 N–H and O–H groups in total. The van der Waals surface area contributed by atoms with E-state index in [1.807, 2.05) is 54.6 Å². The minimum absolute atomic E-state index is 0.195. The molecule has 0 amide bonds. The van der Waals surface area contributed by atoms with Crippen molar-refractivity contribution in [3.8, 4) is 5.75 Å². The summed E-state index contributed by atoms with van der Waals surface area (Å²) >= 11 is 2.18. The van der Waals surface area contributed by atoms with Crippen molar-refractivity contribution in [1.29, 1.82) is 0 Å². The number of para-hydroxylation sites is 1. The number of aliphatic hydroxyl groups is 1. The highest BCUT2D eigenvalue weighted by Crippen LogP contribution is 2.33. The number of halogens is 1. The number of aromatic amines is 1. The number of rotatable bonds is 9. The number of hydrogen-bond acceptors (Lipinski definition) is 4. The van der Waals surface area contributed by atoms with E-state index >= 15 is 0 Å². The molecule has 0 saturated heterocycles. The summed E-state index contributed by atoms with van der Waals surface area (Å²) in [6.45, 7) is 4.80. The number of aliphatic hydroxyl groups excluding tert-OH is 1. The van der Waals surface area contributed by atoms with Crippen LogP contribution in [0.3, 0.4) is 0 Å². The summed E-state index contributed by atoms with van der Waals surface area (Å²) in [5, 5.41) is 19.8. The van der Waals surface area contributed by atoms with Gasteiger partial charge in [-0.2, -0.15) is 0 Å². The smallest absolute Gasteiger partial charge is 0.129 e. The van der Waals surface area contributed by atoms with E-state index in [1.54, 1.807) is 0 Å². The van der Waals surface area contributed by atoms with E-state index in [2.05, 4.69) is 62.8 Å². The number of hydrogen-bond donors (Lipinski definition) is 3. The summed E-state index contributed by atoms with van der Waals surface area (Å²) in [5.41, 5.74) is 12.2. The zero-order valence-electron chi connectivity index (χ0n) is 18.5. The molecule has 1 atom stereocenters. The molecule has 0 saturated carbocycles. The van der Waals surface area contributed by atoms with Gasteiger partial charge in [-0.1, -0.05) is 41.5 Å². The topological polar surface area (TPSA) is 106 Å². The summed E-state index contributed by atoms with van der Waals surface area (Å²) in [4.78, 5) is 6.26. The molecule has 0 aliphatic heterocycles. The highest BCUT2D eigenvalue weighted by atomic mass is 127. The maximum Gasteiger partial charge on any atom is 0.129 e. The molecule has 4 aromatic rings. The Labute approximate surface area is 205 Å². The van der Waals surface area contributed by atoms with Gasteiger partial charge in [-0.05, 0) is 78.2 Å². The van der Waals surface area contributed by atoms with Crippen LogP contribution < -0.4 is 10.1 Å². The number of aromatic nitrogens is 1. The van der Waals surface area contributed by atoms with Crippen molar-refractivity contribution in [3.05, 3.63) is 80.2 Å². The Kier molecular flexibility index (Phi) is 7.09. The molecule has 1 aromatic heterocycles. The number of benzene rings is 3. The average molecular weight is 555 g/mol. The molecule has 0 bridgehead atoms. The lowest BCUT2D eigenvalue weighted by Gasteiger charge is -2.28. The van der Waals surface area contributed by atoms with Gasteiger partial charge in [0.2, 0.25) is 0 Å². The van der Waals surface area contributed by atoms with Gasteiger partial charge in [-0.3, -0.25) is 0 Å². The van der Waals surface area contributed by atoms with Gasteiger partial charge in [0.1, 0.15) is 18.5 Å². The maximum absolute atomic E-state index is 10.6. The maximum atomic E-state index is 10.6. The molecule has 0 aliphatic rings. The van der Waals surface area contributed by atoms with Gasteiger partial charge in [0.05, 0.1) is 11.2 Å². The quantitative estimate of drug-likeness (QED) is 0.0989. The first-order chi connectivity index (χ1) is 15.9. The van der Waals surface area contributed by atoms with Gasteiger partial charge >= 0.3 is 0 Å². The lowest BCUT2D eigenvalue weighted by molar-refractivity contribution is 0.0996. The molecule has 0 aliphatic carbocycles. The van der Waals surface area contributed by atoms with Gasteiger partial charge < -0.3 is 20.1 Å². The monoisotopic (exact) mass is 555 g/mol. The van der Waals surface area contributed by atoms with Crippen molar-refractivity contribution >= 4 is 50.1 Å². The number of H-pyrrole nitrogens is 1. The van der Waals surface area contributed by atoms with Crippen LogP contribution >= 0.6 is 22.6 Å². The Morgan fingerprint density at radius 1 is 1.15 bits per heavy atom. The fraction of sp³-hybridized carbons (Fsp3) is 0.280. The number of nitrogens with one attached hydrogen (secondary N) is 2. The fourth-order valence-electron chi connectivity index (χ4n) is 3.99. The van der Waals surface area contributed by atoms with Crippen molar-refractivity contribution in [2.75, 3.05) is 13.2 Å². The van der Waals surface area contributed by atoms with E-state index in [9.17, 15) is 5.11 Å². The summed E-state index contributed by atoms with van der Waals surface area (Å²) in [5.74, 6) is 0.762. The van der Waals surface area contributed by atoms with Gasteiger partial charge in [0.25, 0.3) is 0 Å². The first kappa shape index (κ1) is 23.4. The molecule has 0 fully saturated rings. The van der Waals surface area contributed by atoms with E-state index in [0.717, 1.165) is 43.1 Å². The molecule has 1 heterocycles. The average Bonchev–Trinajstić information content (AvgIpc) is 3.17. The third kappa shape index (κ3) is 5.59. The zero-order chi connectivity index (χ0) is 23.4. The van der Waals surface area contributed by atoms with Crippen molar-refractivity contribution in [2.45, 2.75) is 31.9 Å². The lowest BCUT2D eigenvalue weighted by Crippen LogP contribution is -2.46. The SMILES string of the molecule is CC(C)(Cc1ccc(N=[N+]=[N-])c(I)c1)NCC(O)COc1cccc2[nH]c3ccccc3c12. The second-order valence-corrected chi connectivity index (χ2v) is 9.89. The second-order valence-electron chi connectivity index (χ2n) is 8.73. The van der Waals surface area contributed by atoms with Crippen LogP contribution in [0.25, 0.3) is 32.2 Å². The predicted octanol–water partition coefficient (Wildman–Crippen LogP) is 6.22. The van der Waals surface area contributed by atoms with Crippen LogP contribution in [0.5, 0.6) is 5.75 Å². The molecule has 170 valence electrons. The van der Waals surface area contributed by atoms with Crippen LogP contribution in [0.2, 0.25) is 0 Å². The fourth-order valence-corrected chi connectivity index (χ4v) is 4.68. The van der Waals surface area contributed by atoms with E-state index in [4.69, 9.17) is 10.3 Å². The Bertz CT molecular complexity index is 1330. The summed E-state index contributed by atoms with van der Waals surface area (Å²) in [7, 11) is 0.